The van der Waals surface area contributed by atoms with Crippen LogP contribution >= 0.6 is 16.5 Å². The van der Waals surface area contributed by atoms with Gasteiger partial charge in [0.15, 0.2) is 0 Å². The molecular weight excluding hydrogens is 524 g/mol. The molecule has 0 aliphatic rings. The van der Waals surface area contributed by atoms with Crippen LogP contribution in [0.4, 0.5) is 0 Å². The van der Waals surface area contributed by atoms with Gasteiger partial charge in [-0.2, -0.15) is 0 Å². The SMILES string of the molecule is CCCCCCCCCCCCO[PH](=O)[O-].CCCCCCCCCCCCO[PH](=O)[O-].[K+].[K+]. The van der Waals surface area contributed by atoms with E-state index in [0.717, 1.165) is 25.7 Å². The Labute approximate surface area is 298 Å². The van der Waals surface area contributed by atoms with Crippen LogP contribution in [0.3, 0.4) is 0 Å². The third-order valence-electron chi connectivity index (χ3n) is 5.44. The van der Waals surface area contributed by atoms with E-state index in [0.29, 0.717) is 13.2 Å². The maximum atomic E-state index is 10.1. The van der Waals surface area contributed by atoms with Gasteiger partial charge >= 0.3 is 103 Å². The molecule has 2 unspecified atom stereocenters. The van der Waals surface area contributed by atoms with Gasteiger partial charge in [-0.15, -0.1) is 0 Å². The summed E-state index contributed by atoms with van der Waals surface area (Å²) < 4.78 is 29.2. The van der Waals surface area contributed by atoms with Crippen molar-refractivity contribution in [2.24, 2.45) is 0 Å². The van der Waals surface area contributed by atoms with Crippen molar-refractivity contribution in [2.75, 3.05) is 13.2 Å². The fraction of sp³-hybridized carbons (Fsp3) is 1.00. The van der Waals surface area contributed by atoms with Gasteiger partial charge in [0, 0.05) is 0 Å². The molecule has 0 amide bonds. The van der Waals surface area contributed by atoms with Crippen molar-refractivity contribution >= 4 is 16.5 Å². The number of unbranched alkanes of at least 4 members (excludes halogenated alkanes) is 18. The maximum absolute atomic E-state index is 10.1. The first kappa shape index (κ1) is 44.6. The smallest absolute Gasteiger partial charge is 0.781 e. The maximum Gasteiger partial charge on any atom is 1.00 e. The minimum atomic E-state index is -2.94. The Morgan fingerprint density at radius 3 is 0.853 bits per heavy atom. The van der Waals surface area contributed by atoms with Crippen LogP contribution in [-0.2, 0) is 18.2 Å². The molecule has 0 aromatic carbocycles. The van der Waals surface area contributed by atoms with E-state index < -0.39 is 16.5 Å². The molecule has 0 saturated heterocycles. The van der Waals surface area contributed by atoms with Gasteiger partial charge in [-0.3, -0.25) is 0 Å². The second-order valence-electron chi connectivity index (χ2n) is 8.56. The minimum Gasteiger partial charge on any atom is -0.781 e. The predicted molar refractivity (Wildman–Crippen MR) is 134 cm³/mol. The molecule has 0 heterocycles. The van der Waals surface area contributed by atoms with Crippen molar-refractivity contribution in [2.45, 2.75) is 142 Å². The molecule has 0 N–H and O–H groups in total. The Morgan fingerprint density at radius 1 is 0.441 bits per heavy atom. The summed E-state index contributed by atoms with van der Waals surface area (Å²) in [6, 6.07) is 0. The average Bonchev–Trinajstić information content (AvgIpc) is 2.76. The van der Waals surface area contributed by atoms with Crippen molar-refractivity contribution in [1.82, 2.24) is 0 Å². The quantitative estimate of drug-likeness (QED) is 0.0978. The zero-order valence-corrected chi connectivity index (χ0v) is 31.3. The van der Waals surface area contributed by atoms with Gasteiger partial charge in [0.2, 0.25) is 0 Å². The van der Waals surface area contributed by atoms with Crippen LogP contribution in [0.2, 0.25) is 0 Å². The molecule has 0 spiro atoms. The molecule has 0 fully saturated rings. The molecule has 6 nitrogen and oxygen atoms in total. The van der Waals surface area contributed by atoms with E-state index in [9.17, 15) is 18.9 Å². The molecule has 0 saturated carbocycles. The number of rotatable bonds is 24. The van der Waals surface area contributed by atoms with Gasteiger partial charge in [0.1, 0.15) is 16.5 Å². The van der Waals surface area contributed by atoms with E-state index in [1.165, 1.54) is 103 Å². The molecule has 10 heteroatoms. The van der Waals surface area contributed by atoms with Crippen LogP contribution in [0.5, 0.6) is 0 Å². The summed E-state index contributed by atoms with van der Waals surface area (Å²) in [7, 11) is -5.89. The monoisotopic (exact) mass is 576 g/mol. The van der Waals surface area contributed by atoms with E-state index in [-0.39, 0.29) is 103 Å². The fourth-order valence-electron chi connectivity index (χ4n) is 3.49. The van der Waals surface area contributed by atoms with Gasteiger partial charge in [0.05, 0.1) is 13.2 Å². The third-order valence-corrected chi connectivity index (χ3v) is 6.32. The Morgan fingerprint density at radius 2 is 0.647 bits per heavy atom. The molecule has 2 atom stereocenters. The zero-order valence-electron chi connectivity index (χ0n) is 23.0. The largest absolute Gasteiger partial charge is 1.00 e. The molecule has 34 heavy (non-hydrogen) atoms. The summed E-state index contributed by atoms with van der Waals surface area (Å²) in [4.78, 5) is 20.2. The topological polar surface area (TPSA) is 98.7 Å². The van der Waals surface area contributed by atoms with Crippen LogP contribution < -0.4 is 113 Å². The second kappa shape index (κ2) is 41.1. The Bertz CT molecular complexity index is 372. The molecule has 0 rings (SSSR count). The van der Waals surface area contributed by atoms with Crippen LogP contribution in [0.15, 0.2) is 0 Å². The van der Waals surface area contributed by atoms with Gasteiger partial charge in [-0.05, 0) is 12.8 Å². The summed E-state index contributed by atoms with van der Waals surface area (Å²) in [6.07, 6.45) is 25.1. The molecule has 0 aliphatic heterocycles. The number of hydrogen-bond donors (Lipinski definition) is 0. The summed E-state index contributed by atoms with van der Waals surface area (Å²) in [5.74, 6) is 0. The van der Waals surface area contributed by atoms with Crippen molar-refractivity contribution in [1.29, 1.82) is 0 Å². The van der Waals surface area contributed by atoms with Gasteiger partial charge in [-0.1, -0.05) is 129 Å². The molecule has 0 radical (unpaired) electrons. The van der Waals surface area contributed by atoms with Gasteiger partial charge in [0.25, 0.3) is 0 Å². The third kappa shape index (κ3) is 48.6. The standard InChI is InChI=1S/2C12H27O3P.2K/c2*1-2-3-4-5-6-7-8-9-10-11-12-15-16(13)14;;/h2*16H,2-12H2,1H3,(H,13,14);;/q;;2*+1/p-2. The Balaban J connectivity index is -0.000000250. The van der Waals surface area contributed by atoms with Crippen LogP contribution in [0, 0.1) is 0 Å². The molecule has 196 valence electrons. The minimum absolute atomic E-state index is 0. The summed E-state index contributed by atoms with van der Waals surface area (Å²) in [6.45, 7) is 5.21. The second-order valence-corrected chi connectivity index (χ2v) is 10.1. The van der Waals surface area contributed by atoms with E-state index in [1.807, 2.05) is 0 Å². The first-order chi connectivity index (χ1) is 15.5. The summed E-state index contributed by atoms with van der Waals surface area (Å²) in [5, 5.41) is 0. The number of hydrogen-bond acceptors (Lipinski definition) is 6. The normalized spacial score (nSPS) is 12.1. The Kier molecular flexibility index (Phi) is 53.8. The van der Waals surface area contributed by atoms with E-state index in [4.69, 9.17) is 0 Å². The summed E-state index contributed by atoms with van der Waals surface area (Å²) in [5.41, 5.74) is 0. The van der Waals surface area contributed by atoms with Gasteiger partial charge < -0.3 is 28.0 Å². The van der Waals surface area contributed by atoms with Crippen LogP contribution in [0.25, 0.3) is 0 Å². The average molecular weight is 577 g/mol. The van der Waals surface area contributed by atoms with Crippen LogP contribution in [0.1, 0.15) is 142 Å². The Hall–Kier alpha value is 3.57. The molecule has 0 bridgehead atoms. The zero-order chi connectivity index (χ0) is 24.1. The molecule has 0 aromatic heterocycles. The van der Waals surface area contributed by atoms with Gasteiger partial charge in [-0.25, -0.2) is 0 Å². The summed E-state index contributed by atoms with van der Waals surface area (Å²) >= 11 is 0. The van der Waals surface area contributed by atoms with Crippen molar-refractivity contribution in [3.05, 3.63) is 0 Å². The van der Waals surface area contributed by atoms with E-state index >= 15 is 0 Å². The molecule has 0 aliphatic carbocycles. The first-order valence-corrected chi connectivity index (χ1v) is 15.7. The molecule has 0 aromatic rings. The molecular formula is C24H52K2O6P2. The van der Waals surface area contributed by atoms with Crippen molar-refractivity contribution < 1.29 is 131 Å². The van der Waals surface area contributed by atoms with E-state index in [2.05, 4.69) is 22.9 Å². The van der Waals surface area contributed by atoms with Crippen molar-refractivity contribution in [3.63, 3.8) is 0 Å². The predicted octanol–water partition coefficient (Wildman–Crippen LogP) is 1.36. The first-order valence-electron chi connectivity index (χ1n) is 13.2. The van der Waals surface area contributed by atoms with Crippen LogP contribution in [-0.4, -0.2) is 13.2 Å². The fourth-order valence-corrected chi connectivity index (χ4v) is 4.11. The van der Waals surface area contributed by atoms with Crippen molar-refractivity contribution in [3.8, 4) is 0 Å². The van der Waals surface area contributed by atoms with E-state index in [1.54, 1.807) is 0 Å².